The van der Waals surface area contributed by atoms with Crippen LogP contribution in [0.15, 0.2) is 42.5 Å². The third-order valence-electron chi connectivity index (χ3n) is 11.2. The Morgan fingerprint density at radius 3 is 2.24 bits per heavy atom. The first-order chi connectivity index (χ1) is 21.9. The molecule has 0 aliphatic carbocycles. The fourth-order valence-corrected chi connectivity index (χ4v) is 7.84. The number of rotatable bonds is 5. The number of hydrogen-bond donors (Lipinski definition) is 1. The van der Waals surface area contributed by atoms with E-state index in [1.165, 1.54) is 5.69 Å². The van der Waals surface area contributed by atoms with E-state index in [0.717, 1.165) is 73.4 Å². The number of hydrogen-bond acceptors (Lipinski definition) is 8. The molecule has 1 N–H and O–H groups in total. The lowest BCUT2D eigenvalue weighted by Gasteiger charge is -2.46. The summed E-state index contributed by atoms with van der Waals surface area (Å²) in [5.74, 6) is -0.282. The first kappa shape index (κ1) is 31.2. The fourth-order valence-electron chi connectivity index (χ4n) is 7.84. The van der Waals surface area contributed by atoms with E-state index in [2.05, 4.69) is 97.1 Å². The van der Waals surface area contributed by atoms with Crippen molar-refractivity contribution in [3.05, 3.63) is 48.2 Å². The Morgan fingerprint density at radius 1 is 0.891 bits per heavy atom. The first-order valence-corrected chi connectivity index (χ1v) is 16.9. The lowest BCUT2D eigenvalue weighted by atomic mass is 9.79. The van der Waals surface area contributed by atoms with Gasteiger partial charge in [-0.05, 0) is 70.1 Å². The summed E-state index contributed by atoms with van der Waals surface area (Å²) >= 11 is 0. The van der Waals surface area contributed by atoms with Gasteiger partial charge in [0, 0.05) is 69.9 Å². The van der Waals surface area contributed by atoms with Gasteiger partial charge >= 0.3 is 7.12 Å². The maximum Gasteiger partial charge on any atom is 0.494 e. The van der Waals surface area contributed by atoms with Crippen LogP contribution in [0.3, 0.4) is 0 Å². The molecule has 4 aliphatic heterocycles. The van der Waals surface area contributed by atoms with E-state index in [1.54, 1.807) is 0 Å². The summed E-state index contributed by atoms with van der Waals surface area (Å²) in [6.45, 7) is 16.8. The predicted octanol–water partition coefficient (Wildman–Crippen LogP) is 3.43. The van der Waals surface area contributed by atoms with Crippen LogP contribution in [0.1, 0.15) is 65.5 Å². The quantitative estimate of drug-likeness (QED) is 0.341. The van der Waals surface area contributed by atoms with Crippen LogP contribution < -0.4 is 20.6 Å². The van der Waals surface area contributed by atoms with Crippen LogP contribution in [0.4, 0.5) is 11.4 Å². The molecule has 0 radical (unpaired) electrons. The molecule has 0 saturated carbocycles. The molecule has 0 bridgehead atoms. The number of carbonyl (C=O) groups is 2. The molecule has 10 nitrogen and oxygen atoms in total. The van der Waals surface area contributed by atoms with Crippen molar-refractivity contribution in [2.45, 2.75) is 77.0 Å². The van der Waals surface area contributed by atoms with E-state index in [9.17, 15) is 9.59 Å². The van der Waals surface area contributed by atoms with Crippen molar-refractivity contribution in [2.75, 3.05) is 49.1 Å². The summed E-state index contributed by atoms with van der Waals surface area (Å²) in [5, 5.41) is 8.30. The largest absolute Gasteiger partial charge is 0.494 e. The monoisotopic (exact) mass is 626 g/mol. The van der Waals surface area contributed by atoms with Gasteiger partial charge in [-0.1, -0.05) is 31.2 Å². The van der Waals surface area contributed by atoms with Crippen LogP contribution in [0.2, 0.25) is 0 Å². The number of piperidine rings is 2. The number of fused-ring (bicyclic) bond motifs is 1. The summed E-state index contributed by atoms with van der Waals surface area (Å²) in [6, 6.07) is 15.6. The minimum atomic E-state index is -0.395. The molecule has 1 aromatic heterocycles. The zero-order chi connectivity index (χ0) is 32.4. The smallest absolute Gasteiger partial charge is 0.399 e. The van der Waals surface area contributed by atoms with Gasteiger partial charge in [-0.2, -0.15) is 5.10 Å². The Hall–Kier alpha value is -3.41. The number of piperazine rings is 1. The highest BCUT2D eigenvalue weighted by molar-refractivity contribution is 6.62. The molecule has 2 amide bonds. The van der Waals surface area contributed by atoms with Gasteiger partial charge in [0.05, 0.1) is 34.0 Å². The average molecular weight is 627 g/mol. The number of nitrogens with zero attached hydrogens (tertiary/aromatic N) is 5. The maximum atomic E-state index is 12.7. The Balaban J connectivity index is 0.974. The molecule has 1 unspecified atom stereocenters. The normalized spacial score (nSPS) is 27.0. The molecule has 3 aromatic rings. The molecule has 7 rings (SSSR count). The van der Waals surface area contributed by atoms with Crippen LogP contribution in [0, 0.1) is 5.92 Å². The molecular weight excluding hydrogens is 579 g/mol. The van der Waals surface area contributed by atoms with Crippen molar-refractivity contribution < 1.29 is 18.9 Å². The number of amides is 2. The third-order valence-corrected chi connectivity index (χ3v) is 11.2. The molecule has 0 spiro atoms. The van der Waals surface area contributed by atoms with E-state index in [1.807, 2.05) is 11.7 Å². The lowest BCUT2D eigenvalue weighted by Crippen LogP contribution is -2.56. The summed E-state index contributed by atoms with van der Waals surface area (Å²) in [6.07, 6.45) is 2.00. The van der Waals surface area contributed by atoms with E-state index in [4.69, 9.17) is 14.4 Å². The Bertz CT molecular complexity index is 1610. The van der Waals surface area contributed by atoms with Crippen LogP contribution >= 0.6 is 0 Å². The second kappa shape index (κ2) is 11.7. The molecule has 4 fully saturated rings. The van der Waals surface area contributed by atoms with Gasteiger partial charge < -0.3 is 19.1 Å². The number of nitrogens with one attached hydrogen (secondary N) is 1. The second-order valence-corrected chi connectivity index (χ2v) is 14.7. The minimum Gasteiger partial charge on any atom is -0.399 e. The van der Waals surface area contributed by atoms with Crippen molar-refractivity contribution in [1.29, 1.82) is 0 Å². The topological polar surface area (TPSA) is 92.2 Å². The van der Waals surface area contributed by atoms with E-state index in [-0.39, 0.29) is 30.1 Å². The van der Waals surface area contributed by atoms with Gasteiger partial charge in [0.1, 0.15) is 0 Å². The number of carbonyl (C=O) groups excluding carboxylic acids is 2. The molecule has 4 aliphatic rings. The molecular formula is C35H47BN6O4. The highest BCUT2D eigenvalue weighted by Crippen LogP contribution is 2.38. The number of para-hydroxylation sites is 1. The minimum absolute atomic E-state index is 0.201. The summed E-state index contributed by atoms with van der Waals surface area (Å²) in [4.78, 5) is 32.1. The van der Waals surface area contributed by atoms with Crippen LogP contribution in [0.25, 0.3) is 10.9 Å². The standard InChI is InChI=1S/C35H47BN6O4/c1-23-22-42(25-12-10-24(11-13-25)36-45-34(2,3)35(4,5)46-36)17-16-28(23)40-18-20-41(21-19-40)29-9-7-8-26-31(38-39(6)32(26)29)27-14-15-30(43)37-33(27)44/h7-13,23,27-28H,14-22H2,1-6H3,(H,37,43,44)/t23-,27?,28+/m1/s1. The Kier molecular flexibility index (Phi) is 7.93. The van der Waals surface area contributed by atoms with Crippen molar-refractivity contribution in [2.24, 2.45) is 13.0 Å². The highest BCUT2D eigenvalue weighted by Gasteiger charge is 2.51. The van der Waals surface area contributed by atoms with Gasteiger partial charge in [-0.3, -0.25) is 24.5 Å². The average Bonchev–Trinajstić information content (AvgIpc) is 3.48. The summed E-state index contributed by atoms with van der Waals surface area (Å²) in [7, 11) is 1.62. The lowest BCUT2D eigenvalue weighted by molar-refractivity contribution is -0.134. The van der Waals surface area contributed by atoms with E-state index in [0.29, 0.717) is 24.8 Å². The van der Waals surface area contributed by atoms with Gasteiger partial charge in [0.25, 0.3) is 0 Å². The fraction of sp³-hybridized carbons (Fsp3) is 0.571. The molecule has 11 heteroatoms. The third kappa shape index (κ3) is 5.50. The summed E-state index contributed by atoms with van der Waals surface area (Å²) in [5.41, 5.74) is 4.64. The van der Waals surface area contributed by atoms with Crippen LogP contribution in [0.5, 0.6) is 0 Å². The second-order valence-electron chi connectivity index (χ2n) is 14.7. The zero-order valence-corrected chi connectivity index (χ0v) is 28.1. The van der Waals surface area contributed by atoms with Crippen LogP contribution in [-0.4, -0.2) is 90.1 Å². The SMILES string of the molecule is C[C@@H]1CN(c2ccc(B3OC(C)(C)C(C)(C)O3)cc2)CC[C@@H]1N1CCN(c2cccc3c(C4CCC(=O)NC4=O)nn(C)c23)CC1. The summed E-state index contributed by atoms with van der Waals surface area (Å²) < 4.78 is 14.4. The molecule has 5 heterocycles. The van der Waals surface area contributed by atoms with Crippen LogP contribution in [-0.2, 0) is 25.9 Å². The van der Waals surface area contributed by atoms with Gasteiger partial charge in [0.15, 0.2) is 0 Å². The van der Waals surface area contributed by atoms with Gasteiger partial charge in [-0.15, -0.1) is 0 Å². The number of aryl methyl sites for hydroxylation is 1. The maximum absolute atomic E-state index is 12.7. The molecule has 2 aromatic carbocycles. The number of imide groups is 1. The van der Waals surface area contributed by atoms with Gasteiger partial charge in [0.2, 0.25) is 11.8 Å². The zero-order valence-electron chi connectivity index (χ0n) is 28.1. The first-order valence-electron chi connectivity index (χ1n) is 16.9. The molecule has 3 atom stereocenters. The van der Waals surface area contributed by atoms with Gasteiger partial charge in [-0.25, -0.2) is 0 Å². The Morgan fingerprint density at radius 2 is 1.59 bits per heavy atom. The van der Waals surface area contributed by atoms with E-state index < -0.39 is 5.92 Å². The van der Waals surface area contributed by atoms with Crippen molar-refractivity contribution in [3.8, 4) is 0 Å². The Labute approximate surface area is 272 Å². The molecule has 244 valence electrons. The van der Waals surface area contributed by atoms with Crippen molar-refractivity contribution in [3.63, 3.8) is 0 Å². The molecule has 46 heavy (non-hydrogen) atoms. The highest BCUT2D eigenvalue weighted by atomic mass is 16.7. The number of aromatic nitrogens is 2. The number of benzene rings is 2. The van der Waals surface area contributed by atoms with Crippen molar-refractivity contribution >= 4 is 46.7 Å². The van der Waals surface area contributed by atoms with E-state index >= 15 is 0 Å². The predicted molar refractivity (Wildman–Crippen MR) is 182 cm³/mol. The number of anilines is 2. The van der Waals surface area contributed by atoms with Crippen molar-refractivity contribution in [1.82, 2.24) is 20.0 Å². The molecule has 4 saturated heterocycles.